The van der Waals surface area contributed by atoms with Crippen molar-refractivity contribution in [2.45, 2.75) is 58.8 Å². The Hall–Kier alpha value is -1.24. The number of hydrogen-bond donors (Lipinski definition) is 0. The van der Waals surface area contributed by atoms with Gasteiger partial charge in [-0.3, -0.25) is 0 Å². The van der Waals surface area contributed by atoms with Crippen LogP contribution in [0.2, 0.25) is 0 Å². The number of benzene rings is 1. The average molecular weight is 271 g/mol. The van der Waals surface area contributed by atoms with Crippen molar-refractivity contribution in [3.05, 3.63) is 42.1 Å². The van der Waals surface area contributed by atoms with E-state index < -0.39 is 0 Å². The molecule has 0 atom stereocenters. The van der Waals surface area contributed by atoms with Crippen LogP contribution in [0.15, 0.2) is 36.5 Å². The highest BCUT2D eigenvalue weighted by atomic mass is 15.2. The zero-order valence-corrected chi connectivity index (χ0v) is 13.6. The summed E-state index contributed by atoms with van der Waals surface area (Å²) in [6.07, 6.45) is 5.05. The molecule has 110 valence electrons. The van der Waals surface area contributed by atoms with Crippen molar-refractivity contribution in [1.82, 2.24) is 0 Å². The van der Waals surface area contributed by atoms with Crippen LogP contribution in [0.5, 0.6) is 0 Å². The number of rotatable bonds is 6. The van der Waals surface area contributed by atoms with Crippen LogP contribution in [0.4, 0.5) is 5.69 Å². The number of para-hydroxylation sites is 1. The smallest absolute Gasteiger partial charge is 0.0447 e. The van der Waals surface area contributed by atoms with E-state index in [1.54, 1.807) is 5.56 Å². The normalized spacial score (nSPS) is 16.6. The van der Waals surface area contributed by atoms with Crippen molar-refractivity contribution in [1.29, 1.82) is 0 Å². The molecule has 1 heterocycles. The topological polar surface area (TPSA) is 3.24 Å². The second-order valence-electron chi connectivity index (χ2n) is 6.53. The van der Waals surface area contributed by atoms with Gasteiger partial charge in [-0.05, 0) is 30.4 Å². The van der Waals surface area contributed by atoms with Crippen molar-refractivity contribution in [3.63, 3.8) is 0 Å². The number of hydrogen-bond acceptors (Lipinski definition) is 1. The Kier molecular flexibility index (Phi) is 4.57. The van der Waals surface area contributed by atoms with E-state index in [9.17, 15) is 0 Å². The first-order valence-corrected chi connectivity index (χ1v) is 8.11. The van der Waals surface area contributed by atoms with Crippen molar-refractivity contribution in [3.8, 4) is 0 Å². The van der Waals surface area contributed by atoms with E-state index >= 15 is 0 Å². The van der Waals surface area contributed by atoms with Crippen molar-refractivity contribution in [2.24, 2.45) is 5.92 Å². The van der Waals surface area contributed by atoms with Gasteiger partial charge < -0.3 is 4.90 Å². The summed E-state index contributed by atoms with van der Waals surface area (Å²) in [5.74, 6) is 0.502. The predicted octanol–water partition coefficient (Wildman–Crippen LogP) is 5.51. The molecule has 2 rings (SSSR count). The van der Waals surface area contributed by atoms with E-state index in [-0.39, 0.29) is 0 Å². The highest BCUT2D eigenvalue weighted by Crippen LogP contribution is 2.48. The molecule has 0 saturated heterocycles. The fourth-order valence-corrected chi connectivity index (χ4v) is 3.71. The van der Waals surface area contributed by atoms with Gasteiger partial charge in [0, 0.05) is 23.3 Å². The Morgan fingerprint density at radius 2 is 1.80 bits per heavy atom. The third-order valence-corrected chi connectivity index (χ3v) is 4.70. The number of anilines is 1. The number of fused-ring (bicyclic) bond motifs is 1. The fraction of sp³-hybridized carbons (Fsp3) is 0.579. The summed E-state index contributed by atoms with van der Waals surface area (Å²) in [5, 5.41) is 0. The molecule has 1 aromatic carbocycles. The minimum absolute atomic E-state index is 0.331. The monoisotopic (exact) mass is 271 g/mol. The SMILES string of the molecule is C=C(C(C)C)N1CC(CCC)(CCC)c2ccccc21. The van der Waals surface area contributed by atoms with Gasteiger partial charge in [0.2, 0.25) is 0 Å². The lowest BCUT2D eigenvalue weighted by Gasteiger charge is -2.31. The van der Waals surface area contributed by atoms with Crippen LogP contribution in [0.1, 0.15) is 58.9 Å². The van der Waals surface area contributed by atoms with Crippen LogP contribution in [-0.4, -0.2) is 6.54 Å². The van der Waals surface area contributed by atoms with Crippen molar-refractivity contribution >= 4 is 5.69 Å². The van der Waals surface area contributed by atoms with E-state index in [0.29, 0.717) is 11.3 Å². The first-order valence-electron chi connectivity index (χ1n) is 8.11. The molecule has 1 nitrogen and oxygen atoms in total. The minimum Gasteiger partial charge on any atom is -0.344 e. The zero-order chi connectivity index (χ0) is 14.8. The molecule has 20 heavy (non-hydrogen) atoms. The van der Waals surface area contributed by atoms with Gasteiger partial charge in [0.1, 0.15) is 0 Å². The second-order valence-corrected chi connectivity index (χ2v) is 6.53. The summed E-state index contributed by atoms with van der Waals surface area (Å²) in [6.45, 7) is 14.6. The highest BCUT2D eigenvalue weighted by Gasteiger charge is 2.41. The molecule has 1 heteroatoms. The minimum atomic E-state index is 0.331. The quantitative estimate of drug-likeness (QED) is 0.659. The summed E-state index contributed by atoms with van der Waals surface area (Å²) in [6, 6.07) is 8.97. The van der Waals surface area contributed by atoms with Gasteiger partial charge in [-0.2, -0.15) is 0 Å². The third kappa shape index (κ3) is 2.51. The van der Waals surface area contributed by atoms with Crippen LogP contribution >= 0.6 is 0 Å². The van der Waals surface area contributed by atoms with Crippen LogP contribution < -0.4 is 4.90 Å². The lowest BCUT2D eigenvalue weighted by atomic mass is 9.75. The van der Waals surface area contributed by atoms with Gasteiger partial charge in [0.05, 0.1) is 0 Å². The first-order chi connectivity index (χ1) is 9.55. The maximum atomic E-state index is 4.35. The molecular weight excluding hydrogens is 242 g/mol. The summed E-state index contributed by atoms with van der Waals surface area (Å²) < 4.78 is 0. The first kappa shape index (κ1) is 15.2. The molecule has 0 aromatic heterocycles. The lowest BCUT2D eigenvalue weighted by Crippen LogP contribution is -2.34. The molecule has 0 aliphatic carbocycles. The molecule has 1 aliphatic heterocycles. The van der Waals surface area contributed by atoms with Gasteiger partial charge in [-0.15, -0.1) is 0 Å². The van der Waals surface area contributed by atoms with E-state index in [0.717, 1.165) is 6.54 Å². The Bertz CT molecular complexity index is 466. The molecule has 0 fully saturated rings. The van der Waals surface area contributed by atoms with Crippen LogP contribution in [0.25, 0.3) is 0 Å². The summed E-state index contributed by atoms with van der Waals surface area (Å²) in [7, 11) is 0. The number of nitrogens with zero attached hydrogens (tertiary/aromatic N) is 1. The van der Waals surface area contributed by atoms with Crippen molar-refractivity contribution < 1.29 is 0 Å². The molecule has 0 unspecified atom stereocenters. The maximum Gasteiger partial charge on any atom is 0.0447 e. The Morgan fingerprint density at radius 1 is 1.20 bits per heavy atom. The summed E-state index contributed by atoms with van der Waals surface area (Å²) >= 11 is 0. The Morgan fingerprint density at radius 3 is 2.35 bits per heavy atom. The standard InChI is InChI=1S/C19H29N/c1-6-12-19(13-7-2)14-20(16(5)15(3)4)18-11-9-8-10-17(18)19/h8-11,15H,5-7,12-14H2,1-4H3. The van der Waals surface area contributed by atoms with Gasteiger partial charge >= 0.3 is 0 Å². The van der Waals surface area contributed by atoms with Gasteiger partial charge in [-0.25, -0.2) is 0 Å². The molecule has 0 spiro atoms. The molecule has 0 saturated carbocycles. The van der Waals surface area contributed by atoms with E-state index in [2.05, 4.69) is 63.4 Å². The molecule has 0 bridgehead atoms. The van der Waals surface area contributed by atoms with Gasteiger partial charge in [-0.1, -0.05) is 65.3 Å². The predicted molar refractivity (Wildman–Crippen MR) is 89.3 cm³/mol. The Labute approximate surface area is 124 Å². The fourth-order valence-electron chi connectivity index (χ4n) is 3.71. The third-order valence-electron chi connectivity index (χ3n) is 4.70. The lowest BCUT2D eigenvalue weighted by molar-refractivity contribution is 0.379. The molecule has 0 radical (unpaired) electrons. The van der Waals surface area contributed by atoms with Crippen LogP contribution in [0.3, 0.4) is 0 Å². The van der Waals surface area contributed by atoms with Crippen LogP contribution in [0, 0.1) is 5.92 Å². The zero-order valence-electron chi connectivity index (χ0n) is 13.6. The summed E-state index contributed by atoms with van der Waals surface area (Å²) in [4.78, 5) is 2.48. The van der Waals surface area contributed by atoms with Crippen LogP contribution in [-0.2, 0) is 5.41 Å². The molecular formula is C19H29N. The van der Waals surface area contributed by atoms with Gasteiger partial charge in [0.15, 0.2) is 0 Å². The highest BCUT2D eigenvalue weighted by molar-refractivity contribution is 5.66. The maximum absolute atomic E-state index is 4.35. The van der Waals surface area contributed by atoms with E-state index in [1.165, 1.54) is 37.1 Å². The molecule has 0 N–H and O–H groups in total. The largest absolute Gasteiger partial charge is 0.344 e. The molecule has 0 amide bonds. The Balaban J connectivity index is 2.46. The number of allylic oxidation sites excluding steroid dienone is 1. The van der Waals surface area contributed by atoms with Gasteiger partial charge in [0.25, 0.3) is 0 Å². The van der Waals surface area contributed by atoms with Crippen molar-refractivity contribution in [2.75, 3.05) is 11.4 Å². The average Bonchev–Trinajstić information content (AvgIpc) is 2.74. The van der Waals surface area contributed by atoms with E-state index in [4.69, 9.17) is 0 Å². The molecule has 1 aliphatic rings. The second kappa shape index (κ2) is 6.03. The molecule has 1 aromatic rings. The van der Waals surface area contributed by atoms with E-state index in [1.807, 2.05) is 0 Å². The summed E-state index contributed by atoms with van der Waals surface area (Å²) in [5.41, 5.74) is 4.53.